The van der Waals surface area contributed by atoms with E-state index in [2.05, 4.69) is 30.1 Å². The van der Waals surface area contributed by atoms with E-state index < -0.39 is 0 Å². The van der Waals surface area contributed by atoms with E-state index in [0.717, 1.165) is 47.4 Å². The number of carbonyl (C=O) groups is 1. The lowest BCUT2D eigenvalue weighted by atomic mass is 9.98. The molecule has 1 aliphatic rings. The van der Waals surface area contributed by atoms with Crippen LogP contribution in [0.25, 0.3) is 10.9 Å². The summed E-state index contributed by atoms with van der Waals surface area (Å²) in [5, 5.41) is 0.916. The summed E-state index contributed by atoms with van der Waals surface area (Å²) in [5.74, 6) is 0.782. The number of methoxy groups -OCH3 is 1. The molecule has 0 bridgehead atoms. The fourth-order valence-electron chi connectivity index (χ4n) is 3.68. The zero-order chi connectivity index (χ0) is 18.3. The van der Waals surface area contributed by atoms with Crippen molar-refractivity contribution in [1.82, 2.24) is 4.98 Å². The molecule has 1 amide bonds. The van der Waals surface area contributed by atoms with Gasteiger partial charge in [0.2, 0.25) is 0 Å². The van der Waals surface area contributed by atoms with Crippen LogP contribution >= 0.6 is 0 Å². The summed E-state index contributed by atoms with van der Waals surface area (Å²) in [5.41, 5.74) is 5.78. The molecule has 0 N–H and O–H groups in total. The monoisotopic (exact) mass is 346 g/mol. The first kappa shape index (κ1) is 16.6. The van der Waals surface area contributed by atoms with E-state index >= 15 is 0 Å². The minimum Gasteiger partial charge on any atom is -0.497 e. The Morgan fingerprint density at radius 1 is 1.12 bits per heavy atom. The fraction of sp³-hybridized carbons (Fsp3) is 0.273. The van der Waals surface area contributed by atoms with E-state index in [1.807, 2.05) is 36.1 Å². The summed E-state index contributed by atoms with van der Waals surface area (Å²) >= 11 is 0. The molecule has 0 saturated carbocycles. The molecular formula is C22H22N2O2. The second kappa shape index (κ2) is 6.45. The van der Waals surface area contributed by atoms with Gasteiger partial charge in [-0.1, -0.05) is 17.7 Å². The molecule has 4 nitrogen and oxygen atoms in total. The topological polar surface area (TPSA) is 42.4 Å². The third kappa shape index (κ3) is 2.81. The molecule has 0 spiro atoms. The van der Waals surface area contributed by atoms with Crippen molar-refractivity contribution >= 4 is 22.5 Å². The highest BCUT2D eigenvalue weighted by Crippen LogP contribution is 2.30. The Kier molecular flexibility index (Phi) is 4.11. The van der Waals surface area contributed by atoms with E-state index in [1.54, 1.807) is 7.11 Å². The number of aromatic nitrogens is 1. The van der Waals surface area contributed by atoms with Gasteiger partial charge in [0.05, 0.1) is 23.9 Å². The van der Waals surface area contributed by atoms with Crippen LogP contribution in [-0.2, 0) is 6.42 Å². The molecule has 2 aromatic carbocycles. The molecule has 0 atom stereocenters. The number of pyridine rings is 1. The quantitative estimate of drug-likeness (QED) is 0.688. The second-order valence-corrected chi connectivity index (χ2v) is 6.87. The SMILES string of the molecule is COc1ccc2nc(C)c(C(=O)N3CCCc4cc(C)ccc43)cc2c1. The molecule has 0 saturated heterocycles. The molecule has 2 heterocycles. The van der Waals surface area contributed by atoms with E-state index in [1.165, 1.54) is 11.1 Å². The molecule has 0 fully saturated rings. The normalized spacial score (nSPS) is 13.6. The predicted octanol–water partition coefficient (Wildman–Crippen LogP) is 4.45. The fourth-order valence-corrected chi connectivity index (χ4v) is 3.68. The highest BCUT2D eigenvalue weighted by Gasteiger charge is 2.25. The summed E-state index contributed by atoms with van der Waals surface area (Å²) in [6.07, 6.45) is 2.00. The van der Waals surface area contributed by atoms with Crippen molar-refractivity contribution in [1.29, 1.82) is 0 Å². The van der Waals surface area contributed by atoms with Crippen LogP contribution < -0.4 is 9.64 Å². The summed E-state index contributed by atoms with van der Waals surface area (Å²) in [6.45, 7) is 4.73. The maximum absolute atomic E-state index is 13.3. The van der Waals surface area contributed by atoms with Crippen molar-refractivity contribution in [3.63, 3.8) is 0 Å². The van der Waals surface area contributed by atoms with Crippen molar-refractivity contribution in [2.75, 3.05) is 18.6 Å². The van der Waals surface area contributed by atoms with Crippen LogP contribution in [0.1, 0.15) is 33.6 Å². The van der Waals surface area contributed by atoms with Gasteiger partial charge < -0.3 is 9.64 Å². The van der Waals surface area contributed by atoms with Crippen molar-refractivity contribution < 1.29 is 9.53 Å². The number of benzene rings is 2. The first-order valence-corrected chi connectivity index (χ1v) is 8.93. The van der Waals surface area contributed by atoms with Crippen LogP contribution in [0, 0.1) is 13.8 Å². The highest BCUT2D eigenvalue weighted by atomic mass is 16.5. The van der Waals surface area contributed by atoms with Gasteiger partial charge in [0.1, 0.15) is 5.75 Å². The van der Waals surface area contributed by atoms with Crippen molar-refractivity contribution in [3.8, 4) is 5.75 Å². The van der Waals surface area contributed by atoms with Gasteiger partial charge in [-0.25, -0.2) is 0 Å². The number of hydrogen-bond donors (Lipinski definition) is 0. The zero-order valence-corrected chi connectivity index (χ0v) is 15.4. The van der Waals surface area contributed by atoms with E-state index in [0.29, 0.717) is 5.56 Å². The van der Waals surface area contributed by atoms with Crippen LogP contribution in [0.4, 0.5) is 5.69 Å². The third-order valence-corrected chi connectivity index (χ3v) is 5.04. The average Bonchev–Trinajstić information content (AvgIpc) is 2.65. The van der Waals surface area contributed by atoms with E-state index in [-0.39, 0.29) is 5.91 Å². The molecule has 0 radical (unpaired) electrons. The molecule has 132 valence electrons. The van der Waals surface area contributed by atoms with E-state index in [9.17, 15) is 4.79 Å². The molecule has 26 heavy (non-hydrogen) atoms. The summed E-state index contributed by atoms with van der Waals surface area (Å²) < 4.78 is 5.30. The van der Waals surface area contributed by atoms with Crippen LogP contribution in [0.15, 0.2) is 42.5 Å². The molecule has 1 aliphatic heterocycles. The number of rotatable bonds is 2. The van der Waals surface area contributed by atoms with Gasteiger partial charge in [0.25, 0.3) is 5.91 Å². The second-order valence-electron chi connectivity index (χ2n) is 6.87. The lowest BCUT2D eigenvalue weighted by molar-refractivity contribution is 0.0984. The lowest BCUT2D eigenvalue weighted by Gasteiger charge is -2.30. The van der Waals surface area contributed by atoms with Gasteiger partial charge in [0.15, 0.2) is 0 Å². The molecule has 0 unspecified atom stereocenters. The van der Waals surface area contributed by atoms with Crippen molar-refractivity contribution in [2.45, 2.75) is 26.7 Å². The Hall–Kier alpha value is -2.88. The molecule has 3 aromatic rings. The molecule has 4 rings (SSSR count). The van der Waals surface area contributed by atoms with Gasteiger partial charge in [-0.2, -0.15) is 0 Å². The van der Waals surface area contributed by atoms with E-state index in [4.69, 9.17) is 4.74 Å². The maximum Gasteiger partial charge on any atom is 0.260 e. The molecule has 1 aromatic heterocycles. The Balaban J connectivity index is 1.78. The summed E-state index contributed by atoms with van der Waals surface area (Å²) in [7, 11) is 1.64. The minimum atomic E-state index is 0.0181. The number of hydrogen-bond acceptors (Lipinski definition) is 3. The van der Waals surface area contributed by atoms with Gasteiger partial charge in [-0.3, -0.25) is 9.78 Å². The van der Waals surface area contributed by atoms with Crippen LogP contribution in [-0.4, -0.2) is 24.5 Å². The van der Waals surface area contributed by atoms with Crippen molar-refractivity contribution in [2.24, 2.45) is 0 Å². The largest absolute Gasteiger partial charge is 0.497 e. The van der Waals surface area contributed by atoms with Gasteiger partial charge in [-0.05, 0) is 62.6 Å². The number of ether oxygens (including phenoxy) is 1. The van der Waals surface area contributed by atoms with Gasteiger partial charge >= 0.3 is 0 Å². The maximum atomic E-state index is 13.3. The van der Waals surface area contributed by atoms with Gasteiger partial charge in [0, 0.05) is 17.6 Å². The lowest BCUT2D eigenvalue weighted by Crippen LogP contribution is -2.36. The smallest absolute Gasteiger partial charge is 0.260 e. The number of carbonyl (C=O) groups excluding carboxylic acids is 1. The Bertz CT molecular complexity index is 1010. The van der Waals surface area contributed by atoms with Crippen LogP contribution in [0.2, 0.25) is 0 Å². The Labute approximate surface area is 153 Å². The van der Waals surface area contributed by atoms with Crippen LogP contribution in [0.3, 0.4) is 0 Å². The first-order valence-electron chi connectivity index (χ1n) is 8.93. The third-order valence-electron chi connectivity index (χ3n) is 5.04. The van der Waals surface area contributed by atoms with Gasteiger partial charge in [-0.15, -0.1) is 0 Å². The number of nitrogens with zero attached hydrogens (tertiary/aromatic N) is 2. The number of anilines is 1. The predicted molar refractivity (Wildman–Crippen MR) is 104 cm³/mol. The number of amides is 1. The highest BCUT2D eigenvalue weighted by molar-refractivity contribution is 6.09. The summed E-state index contributed by atoms with van der Waals surface area (Å²) in [4.78, 5) is 19.9. The van der Waals surface area contributed by atoms with Crippen molar-refractivity contribution in [3.05, 3.63) is 64.8 Å². The Morgan fingerprint density at radius 3 is 2.77 bits per heavy atom. The molecule has 4 heteroatoms. The summed E-state index contributed by atoms with van der Waals surface area (Å²) in [6, 6.07) is 14.0. The first-order chi connectivity index (χ1) is 12.6. The standard InChI is InChI=1S/C22H22N2O2/c1-14-6-9-21-16(11-14)5-4-10-24(21)22(25)19-13-17-12-18(26-3)7-8-20(17)23-15(19)2/h6-9,11-13H,4-5,10H2,1-3H3. The number of aryl methyl sites for hydroxylation is 3. The van der Waals surface area contributed by atoms with Crippen LogP contribution in [0.5, 0.6) is 5.75 Å². The Morgan fingerprint density at radius 2 is 1.96 bits per heavy atom. The molecule has 0 aliphatic carbocycles. The zero-order valence-electron chi connectivity index (χ0n) is 15.4. The minimum absolute atomic E-state index is 0.0181. The number of fused-ring (bicyclic) bond motifs is 2. The molecular weight excluding hydrogens is 324 g/mol. The average molecular weight is 346 g/mol.